The fraction of sp³-hybridized carbons (Fsp3) is 0.833. The number of amides is 1. The molecule has 0 fully saturated rings. The van der Waals surface area contributed by atoms with Gasteiger partial charge >= 0.3 is 0 Å². The molecule has 0 aliphatic heterocycles. The largest absolute Gasteiger partial charge is 0.359 e. The predicted octanol–water partition coefficient (Wildman–Crippen LogP) is 1.20. The Balaban J connectivity index is 0. The summed E-state index contributed by atoms with van der Waals surface area (Å²) in [6.45, 7) is 4.05. The highest BCUT2D eigenvalue weighted by atomic mass is 35.5. The normalized spacial score (nSPS) is 8.44. The molecule has 0 aromatic carbocycles. The molecular formula is C6H14ClNO. The lowest BCUT2D eigenvalue weighted by atomic mass is 10.1. The van der Waals surface area contributed by atoms with E-state index in [-0.39, 0.29) is 18.3 Å². The van der Waals surface area contributed by atoms with Crippen LogP contribution in [0.5, 0.6) is 0 Å². The monoisotopic (exact) mass is 151 g/mol. The van der Waals surface area contributed by atoms with Crippen LogP contribution in [-0.4, -0.2) is 13.0 Å². The summed E-state index contributed by atoms with van der Waals surface area (Å²) in [4.78, 5) is 10.5. The molecule has 0 saturated carbocycles. The van der Waals surface area contributed by atoms with Gasteiger partial charge in [0, 0.05) is 13.5 Å². The number of hydrogen-bond acceptors (Lipinski definition) is 1. The van der Waals surface area contributed by atoms with E-state index in [1.807, 2.05) is 13.8 Å². The number of nitrogens with one attached hydrogen (secondary N) is 1. The maximum absolute atomic E-state index is 10.5. The van der Waals surface area contributed by atoms with E-state index in [9.17, 15) is 4.79 Å². The second-order valence-corrected chi connectivity index (χ2v) is 2.27. The summed E-state index contributed by atoms with van der Waals surface area (Å²) in [7, 11) is 1.66. The molecule has 1 amide bonds. The molecule has 0 radical (unpaired) electrons. The molecule has 0 aliphatic rings. The van der Waals surface area contributed by atoms with Crippen molar-refractivity contribution in [2.75, 3.05) is 7.05 Å². The Hall–Kier alpha value is -0.240. The van der Waals surface area contributed by atoms with Gasteiger partial charge in [-0.05, 0) is 5.92 Å². The molecule has 1 N–H and O–H groups in total. The van der Waals surface area contributed by atoms with Crippen molar-refractivity contribution in [2.45, 2.75) is 20.3 Å². The van der Waals surface area contributed by atoms with E-state index >= 15 is 0 Å². The van der Waals surface area contributed by atoms with Crippen LogP contribution >= 0.6 is 12.4 Å². The van der Waals surface area contributed by atoms with Crippen molar-refractivity contribution in [2.24, 2.45) is 5.92 Å². The third-order valence-corrected chi connectivity index (χ3v) is 0.872. The van der Waals surface area contributed by atoms with E-state index in [1.165, 1.54) is 0 Å². The highest BCUT2D eigenvalue weighted by molar-refractivity contribution is 5.85. The quantitative estimate of drug-likeness (QED) is 0.632. The Morgan fingerprint density at radius 2 is 2.00 bits per heavy atom. The second-order valence-electron chi connectivity index (χ2n) is 2.27. The fourth-order valence-corrected chi connectivity index (χ4v) is 0.473. The average molecular weight is 152 g/mol. The number of carbonyl (C=O) groups is 1. The highest BCUT2D eigenvalue weighted by Crippen LogP contribution is 1.96. The molecule has 0 aliphatic carbocycles. The van der Waals surface area contributed by atoms with E-state index in [0.29, 0.717) is 12.3 Å². The van der Waals surface area contributed by atoms with Crippen LogP contribution in [0, 0.1) is 5.92 Å². The van der Waals surface area contributed by atoms with E-state index in [2.05, 4.69) is 5.32 Å². The molecule has 0 rings (SSSR count). The smallest absolute Gasteiger partial charge is 0.219 e. The van der Waals surface area contributed by atoms with Gasteiger partial charge in [-0.3, -0.25) is 4.79 Å². The van der Waals surface area contributed by atoms with Crippen molar-refractivity contribution in [3.8, 4) is 0 Å². The fourth-order valence-electron chi connectivity index (χ4n) is 0.473. The minimum Gasteiger partial charge on any atom is -0.359 e. The predicted molar refractivity (Wildman–Crippen MR) is 40.8 cm³/mol. The number of hydrogen-bond donors (Lipinski definition) is 1. The van der Waals surface area contributed by atoms with Gasteiger partial charge in [-0.2, -0.15) is 0 Å². The summed E-state index contributed by atoms with van der Waals surface area (Å²) in [5, 5.41) is 2.56. The SMILES string of the molecule is CNC(=O)CC(C)C.Cl. The van der Waals surface area contributed by atoms with Crippen molar-refractivity contribution in [1.29, 1.82) is 0 Å². The first-order valence-corrected chi connectivity index (χ1v) is 2.87. The summed E-state index contributed by atoms with van der Waals surface area (Å²) in [5.74, 6) is 0.593. The summed E-state index contributed by atoms with van der Waals surface area (Å²) in [6.07, 6.45) is 0.635. The number of carbonyl (C=O) groups excluding carboxylic acids is 1. The van der Waals surface area contributed by atoms with Crippen LogP contribution in [0.25, 0.3) is 0 Å². The van der Waals surface area contributed by atoms with Crippen LogP contribution in [0.4, 0.5) is 0 Å². The molecule has 56 valence electrons. The van der Waals surface area contributed by atoms with E-state index in [4.69, 9.17) is 0 Å². The zero-order chi connectivity index (χ0) is 6.57. The van der Waals surface area contributed by atoms with Gasteiger partial charge < -0.3 is 5.32 Å². The van der Waals surface area contributed by atoms with Gasteiger partial charge in [0.25, 0.3) is 0 Å². The number of rotatable bonds is 2. The van der Waals surface area contributed by atoms with Crippen molar-refractivity contribution in [3.05, 3.63) is 0 Å². The first-order chi connectivity index (χ1) is 3.66. The van der Waals surface area contributed by atoms with Crippen LogP contribution in [0.2, 0.25) is 0 Å². The molecule has 0 bridgehead atoms. The van der Waals surface area contributed by atoms with Gasteiger partial charge in [0.05, 0.1) is 0 Å². The van der Waals surface area contributed by atoms with Crippen molar-refractivity contribution < 1.29 is 4.79 Å². The minimum absolute atomic E-state index is 0. The maximum atomic E-state index is 10.5. The molecule has 0 aromatic rings. The summed E-state index contributed by atoms with van der Waals surface area (Å²) in [5.41, 5.74) is 0. The van der Waals surface area contributed by atoms with Crippen LogP contribution in [0.15, 0.2) is 0 Å². The summed E-state index contributed by atoms with van der Waals surface area (Å²) in [6, 6.07) is 0. The molecule has 0 spiro atoms. The van der Waals surface area contributed by atoms with E-state index in [1.54, 1.807) is 7.05 Å². The van der Waals surface area contributed by atoms with Crippen molar-refractivity contribution in [3.63, 3.8) is 0 Å². The summed E-state index contributed by atoms with van der Waals surface area (Å²) >= 11 is 0. The third kappa shape index (κ3) is 7.76. The first-order valence-electron chi connectivity index (χ1n) is 2.87. The molecule has 0 saturated heterocycles. The summed E-state index contributed by atoms with van der Waals surface area (Å²) < 4.78 is 0. The molecule has 0 unspecified atom stereocenters. The van der Waals surface area contributed by atoms with Gasteiger partial charge in [-0.15, -0.1) is 12.4 Å². The average Bonchev–Trinajstić information content (AvgIpc) is 1.65. The zero-order valence-electron chi connectivity index (χ0n) is 6.10. The topological polar surface area (TPSA) is 29.1 Å². The molecule has 0 heterocycles. The molecule has 2 nitrogen and oxygen atoms in total. The second kappa shape index (κ2) is 5.89. The zero-order valence-corrected chi connectivity index (χ0v) is 6.92. The van der Waals surface area contributed by atoms with Gasteiger partial charge in [-0.25, -0.2) is 0 Å². The Bertz CT molecular complexity index is 83.1. The van der Waals surface area contributed by atoms with Gasteiger partial charge in [0.1, 0.15) is 0 Å². The highest BCUT2D eigenvalue weighted by Gasteiger charge is 1.99. The van der Waals surface area contributed by atoms with Crippen molar-refractivity contribution >= 4 is 18.3 Å². The van der Waals surface area contributed by atoms with Crippen LogP contribution < -0.4 is 5.32 Å². The standard InChI is InChI=1S/C6H13NO.ClH/c1-5(2)4-6(8)7-3;/h5H,4H2,1-3H3,(H,7,8);1H. The van der Waals surface area contributed by atoms with Gasteiger partial charge in [0.15, 0.2) is 0 Å². The molecule has 9 heavy (non-hydrogen) atoms. The molecule has 0 atom stereocenters. The minimum atomic E-state index is 0. The van der Waals surface area contributed by atoms with Crippen molar-refractivity contribution in [1.82, 2.24) is 5.32 Å². The lowest BCUT2D eigenvalue weighted by Crippen LogP contribution is -2.19. The lowest BCUT2D eigenvalue weighted by molar-refractivity contribution is -0.121. The third-order valence-electron chi connectivity index (χ3n) is 0.872. The van der Waals surface area contributed by atoms with Crippen LogP contribution in [-0.2, 0) is 4.79 Å². The molecule has 3 heteroatoms. The molecule has 0 aromatic heterocycles. The first kappa shape index (κ1) is 11.5. The Kier molecular flexibility index (Phi) is 7.55. The molecular weight excluding hydrogens is 138 g/mol. The Morgan fingerprint density at radius 1 is 1.56 bits per heavy atom. The lowest BCUT2D eigenvalue weighted by Gasteiger charge is -2.00. The Morgan fingerprint density at radius 3 is 2.11 bits per heavy atom. The number of halogens is 1. The van der Waals surface area contributed by atoms with Crippen LogP contribution in [0.1, 0.15) is 20.3 Å². The Labute approximate surface area is 62.4 Å². The van der Waals surface area contributed by atoms with Crippen LogP contribution in [0.3, 0.4) is 0 Å². The van der Waals surface area contributed by atoms with Gasteiger partial charge in [0.2, 0.25) is 5.91 Å². The maximum Gasteiger partial charge on any atom is 0.219 e. The van der Waals surface area contributed by atoms with E-state index < -0.39 is 0 Å². The van der Waals surface area contributed by atoms with E-state index in [0.717, 1.165) is 0 Å². The van der Waals surface area contributed by atoms with Gasteiger partial charge in [-0.1, -0.05) is 13.8 Å².